The number of hydrogen-bond acceptors (Lipinski definition) is 5. The zero-order valence-corrected chi connectivity index (χ0v) is 13.4. The molecule has 1 N–H and O–H groups in total. The maximum atomic E-state index is 12.2. The first-order chi connectivity index (χ1) is 9.72. The van der Waals surface area contributed by atoms with Gasteiger partial charge >= 0.3 is 5.97 Å². The number of likely N-dealkylation sites (N-methyl/N-ethyl adjacent to an activating group) is 2. The molecular formula is C14H22N2O4S. The quantitative estimate of drug-likeness (QED) is 0.759. The Bertz CT molecular complexity index is 567. The number of carboxylic acids is 1. The molecule has 0 spiro atoms. The molecular weight excluding hydrogens is 292 g/mol. The fourth-order valence-corrected chi connectivity index (χ4v) is 3.02. The van der Waals surface area contributed by atoms with E-state index < -0.39 is 15.8 Å². The van der Waals surface area contributed by atoms with Gasteiger partial charge in [0.15, 0.2) is 9.84 Å². The third-order valence-corrected chi connectivity index (χ3v) is 4.84. The molecule has 21 heavy (non-hydrogen) atoms. The molecule has 1 aromatic carbocycles. The summed E-state index contributed by atoms with van der Waals surface area (Å²) in [4.78, 5) is 14.9. The van der Waals surface area contributed by atoms with Crippen LogP contribution in [0.5, 0.6) is 0 Å². The number of carboxylic acid groups (broad SMARTS) is 1. The highest BCUT2D eigenvalue weighted by molar-refractivity contribution is 7.91. The minimum Gasteiger partial charge on any atom is -0.478 e. The van der Waals surface area contributed by atoms with Crippen LogP contribution in [0, 0.1) is 0 Å². The van der Waals surface area contributed by atoms with Crippen molar-refractivity contribution in [2.45, 2.75) is 4.90 Å². The number of sulfone groups is 1. The Kier molecular flexibility index (Phi) is 6.32. The highest BCUT2D eigenvalue weighted by atomic mass is 32.2. The van der Waals surface area contributed by atoms with Crippen molar-refractivity contribution < 1.29 is 18.3 Å². The van der Waals surface area contributed by atoms with E-state index in [-0.39, 0.29) is 16.2 Å². The van der Waals surface area contributed by atoms with E-state index >= 15 is 0 Å². The van der Waals surface area contributed by atoms with Crippen LogP contribution in [-0.4, -0.2) is 75.8 Å². The fraction of sp³-hybridized carbons (Fsp3) is 0.500. The van der Waals surface area contributed by atoms with E-state index in [9.17, 15) is 13.2 Å². The van der Waals surface area contributed by atoms with E-state index in [1.54, 1.807) is 0 Å². The summed E-state index contributed by atoms with van der Waals surface area (Å²) in [6.07, 6.45) is 0. The van der Waals surface area contributed by atoms with E-state index in [2.05, 4.69) is 0 Å². The van der Waals surface area contributed by atoms with Crippen LogP contribution < -0.4 is 0 Å². The summed E-state index contributed by atoms with van der Waals surface area (Å²) in [5.74, 6) is -1.05. The summed E-state index contributed by atoms with van der Waals surface area (Å²) in [5.41, 5.74) is 0.0806. The summed E-state index contributed by atoms with van der Waals surface area (Å²) in [6, 6.07) is 5.31. The average molecular weight is 314 g/mol. The Morgan fingerprint density at radius 3 is 2.10 bits per heavy atom. The maximum absolute atomic E-state index is 12.2. The van der Waals surface area contributed by atoms with Gasteiger partial charge < -0.3 is 14.9 Å². The van der Waals surface area contributed by atoms with Crippen LogP contribution in [-0.2, 0) is 9.84 Å². The predicted molar refractivity (Wildman–Crippen MR) is 81.5 cm³/mol. The molecule has 1 aromatic rings. The molecule has 0 aliphatic heterocycles. The zero-order chi connectivity index (χ0) is 16.0. The van der Waals surface area contributed by atoms with Gasteiger partial charge in [0.1, 0.15) is 0 Å². The predicted octanol–water partition coefficient (Wildman–Crippen LogP) is 0.652. The molecule has 0 aromatic heterocycles. The van der Waals surface area contributed by atoms with Crippen LogP contribution in [0.3, 0.4) is 0 Å². The van der Waals surface area contributed by atoms with Gasteiger partial charge in [0.2, 0.25) is 0 Å². The number of carbonyl (C=O) groups is 1. The van der Waals surface area contributed by atoms with Gasteiger partial charge in [-0.2, -0.15) is 0 Å². The van der Waals surface area contributed by atoms with Gasteiger partial charge in [-0.3, -0.25) is 0 Å². The Hall–Kier alpha value is -1.44. The zero-order valence-electron chi connectivity index (χ0n) is 12.6. The van der Waals surface area contributed by atoms with Crippen LogP contribution in [0.4, 0.5) is 0 Å². The first kappa shape index (κ1) is 17.6. The highest BCUT2D eigenvalue weighted by Gasteiger charge is 2.16. The molecule has 0 fully saturated rings. The molecule has 6 nitrogen and oxygen atoms in total. The monoisotopic (exact) mass is 314 g/mol. The highest BCUT2D eigenvalue weighted by Crippen LogP contribution is 2.12. The van der Waals surface area contributed by atoms with Crippen molar-refractivity contribution in [2.24, 2.45) is 0 Å². The van der Waals surface area contributed by atoms with Crippen LogP contribution in [0.1, 0.15) is 10.4 Å². The van der Waals surface area contributed by atoms with Crippen LogP contribution >= 0.6 is 0 Å². The van der Waals surface area contributed by atoms with Gasteiger partial charge in [0.25, 0.3) is 0 Å². The standard InChI is InChI=1S/C14H22N2O4S/c1-15(2)8-9-16(3)10-11-21(19,20)13-6-4-12(5-7-13)14(17)18/h4-7H,8-11H2,1-3H3,(H,17,18). The normalized spacial score (nSPS) is 12.0. The first-order valence-corrected chi connectivity index (χ1v) is 8.27. The summed E-state index contributed by atoms with van der Waals surface area (Å²) in [5, 5.41) is 8.80. The molecule has 0 unspecified atom stereocenters. The van der Waals surface area contributed by atoms with Crippen LogP contribution in [0.15, 0.2) is 29.2 Å². The van der Waals surface area contributed by atoms with E-state index in [0.717, 1.165) is 13.1 Å². The Labute approximate surface area is 125 Å². The summed E-state index contributed by atoms with van der Waals surface area (Å²) >= 11 is 0. The minimum atomic E-state index is -3.38. The molecule has 7 heteroatoms. The largest absolute Gasteiger partial charge is 0.478 e. The van der Waals surface area contributed by atoms with Gasteiger partial charge in [-0.1, -0.05) is 0 Å². The second-order valence-corrected chi connectivity index (χ2v) is 7.36. The van der Waals surface area contributed by atoms with Crippen molar-refractivity contribution in [3.8, 4) is 0 Å². The molecule has 0 radical (unpaired) electrons. The van der Waals surface area contributed by atoms with Crippen LogP contribution in [0.2, 0.25) is 0 Å². The van der Waals surface area contributed by atoms with Gasteiger partial charge in [0, 0.05) is 19.6 Å². The second-order valence-electron chi connectivity index (χ2n) is 5.25. The number of hydrogen-bond donors (Lipinski definition) is 1. The van der Waals surface area contributed by atoms with E-state index in [0.29, 0.717) is 6.54 Å². The lowest BCUT2D eigenvalue weighted by molar-refractivity contribution is 0.0696. The molecule has 0 aliphatic carbocycles. The number of aromatic carboxylic acids is 1. The molecule has 0 heterocycles. The molecule has 0 amide bonds. The van der Waals surface area contributed by atoms with Crippen molar-refractivity contribution in [1.29, 1.82) is 0 Å². The lowest BCUT2D eigenvalue weighted by Gasteiger charge is -2.19. The fourth-order valence-electron chi connectivity index (χ4n) is 1.68. The molecule has 0 saturated heterocycles. The number of nitrogens with zero attached hydrogens (tertiary/aromatic N) is 2. The van der Waals surface area contributed by atoms with Crippen molar-refractivity contribution in [1.82, 2.24) is 9.80 Å². The Morgan fingerprint density at radius 2 is 1.62 bits per heavy atom. The third kappa shape index (κ3) is 5.82. The lowest BCUT2D eigenvalue weighted by atomic mass is 10.2. The third-order valence-electron chi connectivity index (χ3n) is 3.13. The van der Waals surface area contributed by atoms with Gasteiger partial charge in [-0.25, -0.2) is 13.2 Å². The molecule has 0 saturated carbocycles. The minimum absolute atomic E-state index is 0.0172. The van der Waals surface area contributed by atoms with Gasteiger partial charge in [-0.05, 0) is 45.4 Å². The maximum Gasteiger partial charge on any atom is 0.335 e. The molecule has 0 bridgehead atoms. The van der Waals surface area contributed by atoms with Crippen molar-refractivity contribution in [3.63, 3.8) is 0 Å². The summed E-state index contributed by atoms with van der Waals surface area (Å²) in [6.45, 7) is 2.10. The molecule has 118 valence electrons. The number of benzene rings is 1. The van der Waals surface area contributed by atoms with Crippen molar-refractivity contribution in [3.05, 3.63) is 29.8 Å². The molecule has 0 aliphatic rings. The Morgan fingerprint density at radius 1 is 1.05 bits per heavy atom. The van der Waals surface area contributed by atoms with E-state index in [4.69, 9.17) is 5.11 Å². The first-order valence-electron chi connectivity index (χ1n) is 6.62. The van der Waals surface area contributed by atoms with E-state index in [1.165, 1.54) is 24.3 Å². The molecule has 1 rings (SSSR count). The van der Waals surface area contributed by atoms with Gasteiger partial charge in [-0.15, -0.1) is 0 Å². The lowest BCUT2D eigenvalue weighted by Crippen LogP contribution is -2.32. The van der Waals surface area contributed by atoms with Crippen molar-refractivity contribution >= 4 is 15.8 Å². The van der Waals surface area contributed by atoms with E-state index in [1.807, 2.05) is 30.9 Å². The summed E-state index contributed by atoms with van der Waals surface area (Å²) in [7, 11) is 2.43. The SMILES string of the molecule is CN(C)CCN(C)CCS(=O)(=O)c1ccc(C(=O)O)cc1. The topological polar surface area (TPSA) is 77.9 Å². The summed E-state index contributed by atoms with van der Waals surface area (Å²) < 4.78 is 24.3. The number of rotatable bonds is 8. The van der Waals surface area contributed by atoms with Crippen LogP contribution in [0.25, 0.3) is 0 Å². The molecule has 0 atom stereocenters. The Balaban J connectivity index is 2.62. The average Bonchev–Trinajstić information content (AvgIpc) is 2.43. The van der Waals surface area contributed by atoms with Gasteiger partial charge in [0.05, 0.1) is 16.2 Å². The smallest absolute Gasteiger partial charge is 0.335 e. The van der Waals surface area contributed by atoms with Crippen molar-refractivity contribution in [2.75, 3.05) is 46.5 Å². The second kappa shape index (κ2) is 7.53.